The second-order valence-electron chi connectivity index (χ2n) is 2.66. The van der Waals surface area contributed by atoms with Crippen LogP contribution in [0.4, 0.5) is 0 Å². The molecule has 7 heteroatoms. The van der Waals surface area contributed by atoms with Crippen molar-refractivity contribution in [2.45, 2.75) is 12.6 Å². The van der Waals surface area contributed by atoms with E-state index in [-0.39, 0.29) is 31.4 Å². The van der Waals surface area contributed by atoms with E-state index in [9.17, 15) is 0 Å². The Hall–Kier alpha value is -0.360. The van der Waals surface area contributed by atoms with Gasteiger partial charge in [0.05, 0.1) is 18.8 Å². The lowest BCUT2D eigenvalue weighted by Gasteiger charge is -2.26. The second-order valence-corrected chi connectivity index (χ2v) is 2.66. The van der Waals surface area contributed by atoms with Gasteiger partial charge in [0.15, 0.2) is 0 Å². The highest BCUT2D eigenvalue weighted by molar-refractivity contribution is 5.85. The molecule has 0 spiro atoms. The molecule has 0 atom stereocenters. The first-order valence-electron chi connectivity index (χ1n) is 3.62. The van der Waals surface area contributed by atoms with Gasteiger partial charge in [-0.2, -0.15) is 0 Å². The van der Waals surface area contributed by atoms with Gasteiger partial charge in [0.2, 0.25) is 0 Å². The Kier molecular flexibility index (Phi) is 5.24. The third kappa shape index (κ3) is 2.54. The number of nitrogens with zero attached hydrogens (tertiary/aromatic N) is 3. The summed E-state index contributed by atoms with van der Waals surface area (Å²) in [5, 5.41) is 19.5. The molecule has 2 heterocycles. The molecule has 1 aliphatic rings. The van der Waals surface area contributed by atoms with Crippen molar-refractivity contribution >= 4 is 24.8 Å². The molecule has 0 radical (unpaired) electrons. The molecule has 1 fully saturated rings. The summed E-state index contributed by atoms with van der Waals surface area (Å²) in [6.45, 7) is 1.88. The van der Waals surface area contributed by atoms with Gasteiger partial charge in [-0.3, -0.25) is 0 Å². The summed E-state index contributed by atoms with van der Waals surface area (Å²) >= 11 is 0. The molecule has 1 aromatic rings. The van der Waals surface area contributed by atoms with E-state index in [0.29, 0.717) is 11.7 Å². The van der Waals surface area contributed by atoms with E-state index in [4.69, 9.17) is 5.11 Å². The van der Waals surface area contributed by atoms with Crippen molar-refractivity contribution in [2.75, 3.05) is 13.1 Å². The van der Waals surface area contributed by atoms with Gasteiger partial charge in [0.25, 0.3) is 0 Å². The first-order valence-corrected chi connectivity index (χ1v) is 3.62. The summed E-state index contributed by atoms with van der Waals surface area (Å²) in [6.07, 6.45) is 1.78. The topological polar surface area (TPSA) is 63.0 Å². The van der Waals surface area contributed by atoms with Gasteiger partial charge in [-0.15, -0.1) is 29.9 Å². The fourth-order valence-electron chi connectivity index (χ4n) is 1.02. The van der Waals surface area contributed by atoms with Crippen molar-refractivity contribution in [3.05, 3.63) is 11.9 Å². The van der Waals surface area contributed by atoms with Gasteiger partial charge in [-0.1, -0.05) is 5.21 Å². The van der Waals surface area contributed by atoms with Crippen LogP contribution in [-0.4, -0.2) is 33.2 Å². The fraction of sp³-hybridized carbons (Fsp3) is 0.667. The van der Waals surface area contributed by atoms with Gasteiger partial charge in [-0.25, -0.2) is 4.68 Å². The molecule has 76 valence electrons. The van der Waals surface area contributed by atoms with Gasteiger partial charge in [-0.05, 0) is 0 Å². The minimum Gasteiger partial charge on any atom is -0.390 e. The van der Waals surface area contributed by atoms with Crippen molar-refractivity contribution in [1.29, 1.82) is 0 Å². The van der Waals surface area contributed by atoms with Crippen molar-refractivity contribution in [3.8, 4) is 0 Å². The average Bonchev–Trinajstić information content (AvgIpc) is 2.32. The number of nitrogens with one attached hydrogen (secondary N) is 1. The van der Waals surface area contributed by atoms with Crippen LogP contribution in [0.3, 0.4) is 0 Å². The SMILES string of the molecule is Cl.Cl.OCc1cn(C2CNC2)nn1. The molecule has 0 aliphatic carbocycles. The molecule has 0 bridgehead atoms. The van der Waals surface area contributed by atoms with Crippen molar-refractivity contribution in [3.63, 3.8) is 0 Å². The molecule has 1 aromatic heterocycles. The van der Waals surface area contributed by atoms with Crippen molar-refractivity contribution in [2.24, 2.45) is 0 Å². The monoisotopic (exact) mass is 226 g/mol. The van der Waals surface area contributed by atoms with Crippen LogP contribution in [-0.2, 0) is 6.61 Å². The normalized spacial score (nSPS) is 15.5. The molecule has 1 aliphatic heterocycles. The summed E-state index contributed by atoms with van der Waals surface area (Å²) in [6, 6.07) is 0.433. The minimum atomic E-state index is -0.0276. The third-order valence-corrected chi connectivity index (χ3v) is 1.85. The zero-order chi connectivity index (χ0) is 7.68. The van der Waals surface area contributed by atoms with Crippen LogP contribution in [0, 0.1) is 0 Å². The van der Waals surface area contributed by atoms with E-state index in [1.807, 2.05) is 0 Å². The van der Waals surface area contributed by atoms with E-state index < -0.39 is 0 Å². The number of rotatable bonds is 2. The molecular formula is C6H12Cl2N4O. The number of aliphatic hydroxyl groups is 1. The van der Waals surface area contributed by atoms with Crippen molar-refractivity contribution < 1.29 is 5.11 Å². The van der Waals surface area contributed by atoms with Crippen LogP contribution in [0.25, 0.3) is 0 Å². The van der Waals surface area contributed by atoms with Crippen LogP contribution < -0.4 is 5.32 Å². The minimum absolute atomic E-state index is 0. The molecule has 2 N–H and O–H groups in total. The highest BCUT2D eigenvalue weighted by Crippen LogP contribution is 2.09. The quantitative estimate of drug-likeness (QED) is 0.731. The van der Waals surface area contributed by atoms with Crippen LogP contribution in [0.15, 0.2) is 6.20 Å². The maximum absolute atomic E-state index is 8.69. The summed E-state index contributed by atoms with van der Waals surface area (Å²) in [7, 11) is 0. The van der Waals surface area contributed by atoms with E-state index >= 15 is 0 Å². The number of hydrogen-bond acceptors (Lipinski definition) is 4. The lowest BCUT2D eigenvalue weighted by molar-refractivity contribution is 0.276. The lowest BCUT2D eigenvalue weighted by Crippen LogP contribution is -2.43. The summed E-state index contributed by atoms with van der Waals surface area (Å²) < 4.78 is 1.79. The Morgan fingerprint density at radius 3 is 2.62 bits per heavy atom. The molecule has 1 saturated heterocycles. The summed E-state index contributed by atoms with van der Waals surface area (Å²) in [5.74, 6) is 0. The first kappa shape index (κ1) is 12.6. The number of halogens is 2. The van der Waals surface area contributed by atoms with Crippen LogP contribution in [0.5, 0.6) is 0 Å². The maximum Gasteiger partial charge on any atom is 0.108 e. The van der Waals surface area contributed by atoms with E-state index in [1.54, 1.807) is 10.9 Å². The molecule has 0 unspecified atom stereocenters. The molecule has 0 amide bonds. The number of aromatic nitrogens is 3. The number of hydrogen-bond donors (Lipinski definition) is 2. The molecule has 0 saturated carbocycles. The van der Waals surface area contributed by atoms with Crippen LogP contribution >= 0.6 is 24.8 Å². The lowest BCUT2D eigenvalue weighted by atomic mass is 10.2. The zero-order valence-corrected chi connectivity index (χ0v) is 8.51. The molecule has 5 nitrogen and oxygen atoms in total. The van der Waals surface area contributed by atoms with E-state index in [0.717, 1.165) is 13.1 Å². The first-order chi connectivity index (χ1) is 5.40. The highest BCUT2D eigenvalue weighted by Gasteiger charge is 2.19. The molecule has 2 rings (SSSR count). The standard InChI is InChI=1S/C6H10N4O.2ClH/c11-4-5-3-10(9-8-5)6-1-7-2-6;;/h3,6-7,11H,1-2,4H2;2*1H. The zero-order valence-electron chi connectivity index (χ0n) is 6.88. The third-order valence-electron chi connectivity index (χ3n) is 1.85. The fourth-order valence-corrected chi connectivity index (χ4v) is 1.02. The van der Waals surface area contributed by atoms with Gasteiger partial charge >= 0.3 is 0 Å². The van der Waals surface area contributed by atoms with Crippen LogP contribution in [0.2, 0.25) is 0 Å². The Bertz CT molecular complexity index is 251. The predicted molar refractivity (Wildman–Crippen MR) is 52.3 cm³/mol. The van der Waals surface area contributed by atoms with Crippen LogP contribution in [0.1, 0.15) is 11.7 Å². The molecule has 0 aromatic carbocycles. The van der Waals surface area contributed by atoms with E-state index in [2.05, 4.69) is 15.6 Å². The largest absolute Gasteiger partial charge is 0.390 e. The Labute approximate surface area is 88.3 Å². The van der Waals surface area contributed by atoms with E-state index in [1.165, 1.54) is 0 Å². The number of aliphatic hydroxyl groups excluding tert-OH is 1. The van der Waals surface area contributed by atoms with Gasteiger partial charge < -0.3 is 10.4 Å². The van der Waals surface area contributed by atoms with Crippen molar-refractivity contribution in [1.82, 2.24) is 20.3 Å². The second kappa shape index (κ2) is 5.39. The summed E-state index contributed by atoms with van der Waals surface area (Å²) in [5.41, 5.74) is 0.636. The average molecular weight is 227 g/mol. The molecule has 13 heavy (non-hydrogen) atoms. The summed E-state index contributed by atoms with van der Waals surface area (Å²) in [4.78, 5) is 0. The van der Waals surface area contributed by atoms with Gasteiger partial charge in [0, 0.05) is 13.1 Å². The molecular weight excluding hydrogens is 215 g/mol. The predicted octanol–water partition coefficient (Wildman–Crippen LogP) is -0.242. The smallest absolute Gasteiger partial charge is 0.108 e. The highest BCUT2D eigenvalue weighted by atomic mass is 35.5. The Morgan fingerprint density at radius 1 is 1.54 bits per heavy atom. The Morgan fingerprint density at radius 2 is 2.23 bits per heavy atom. The maximum atomic E-state index is 8.69. The Balaban J connectivity index is 0.000000720. The van der Waals surface area contributed by atoms with Gasteiger partial charge in [0.1, 0.15) is 5.69 Å².